The molecule has 0 heterocycles. The van der Waals surface area contributed by atoms with Crippen molar-refractivity contribution < 1.29 is 14.7 Å². The summed E-state index contributed by atoms with van der Waals surface area (Å²) in [4.78, 5) is 11.8. The molecule has 0 aliphatic heterocycles. The van der Waals surface area contributed by atoms with Crippen LogP contribution < -0.4 is 0 Å². The van der Waals surface area contributed by atoms with E-state index in [-0.39, 0.29) is 5.97 Å². The Morgan fingerprint density at radius 3 is 2.44 bits per heavy atom. The molecule has 0 spiro atoms. The molecule has 0 bridgehead atoms. The number of hydrogen-bond acceptors (Lipinski definition) is 4. The fraction of sp³-hybridized carbons (Fsp3) is 0.429. The average Bonchev–Trinajstić information content (AvgIpc) is 2.37. The van der Waals surface area contributed by atoms with Gasteiger partial charge in [-0.25, -0.2) is 0 Å². The van der Waals surface area contributed by atoms with Crippen molar-refractivity contribution in [2.24, 2.45) is 10.6 Å². The van der Waals surface area contributed by atoms with Crippen LogP contribution in [0.4, 0.5) is 0 Å². The SMILES string of the molecule is CCOC(=O)C(C)(C)C/C(=N/O)c1ccccc1. The van der Waals surface area contributed by atoms with Crippen molar-refractivity contribution >= 4 is 11.7 Å². The van der Waals surface area contributed by atoms with Crippen molar-refractivity contribution in [1.29, 1.82) is 0 Å². The predicted octanol–water partition coefficient (Wildman–Crippen LogP) is 2.84. The van der Waals surface area contributed by atoms with E-state index in [1.165, 1.54) is 0 Å². The highest BCUT2D eigenvalue weighted by Crippen LogP contribution is 2.25. The maximum absolute atomic E-state index is 11.8. The standard InChI is InChI=1S/C14H19NO3/c1-4-18-13(16)14(2,3)10-12(15-17)11-8-6-5-7-9-11/h5-9,17H,4,10H2,1-3H3/b15-12-. The highest BCUT2D eigenvalue weighted by atomic mass is 16.5. The molecule has 4 heteroatoms. The van der Waals surface area contributed by atoms with Gasteiger partial charge in [-0.15, -0.1) is 0 Å². The highest BCUT2D eigenvalue weighted by Gasteiger charge is 2.31. The van der Waals surface area contributed by atoms with Gasteiger partial charge in [-0.2, -0.15) is 0 Å². The lowest BCUT2D eigenvalue weighted by Gasteiger charge is -2.22. The molecule has 0 radical (unpaired) electrons. The largest absolute Gasteiger partial charge is 0.466 e. The van der Waals surface area contributed by atoms with E-state index in [0.29, 0.717) is 18.7 Å². The van der Waals surface area contributed by atoms with Gasteiger partial charge in [0.05, 0.1) is 17.7 Å². The van der Waals surface area contributed by atoms with Gasteiger partial charge in [0.2, 0.25) is 0 Å². The first-order valence-electron chi connectivity index (χ1n) is 5.95. The first-order valence-corrected chi connectivity index (χ1v) is 5.95. The first-order chi connectivity index (χ1) is 8.51. The van der Waals surface area contributed by atoms with Crippen LogP contribution in [-0.2, 0) is 9.53 Å². The van der Waals surface area contributed by atoms with E-state index in [4.69, 9.17) is 9.94 Å². The second-order valence-corrected chi connectivity index (χ2v) is 4.69. The van der Waals surface area contributed by atoms with Crippen LogP contribution in [0.15, 0.2) is 35.5 Å². The minimum absolute atomic E-state index is 0.290. The molecule has 0 aromatic heterocycles. The molecule has 0 atom stereocenters. The van der Waals surface area contributed by atoms with E-state index in [2.05, 4.69) is 5.16 Å². The van der Waals surface area contributed by atoms with Crippen molar-refractivity contribution in [2.75, 3.05) is 6.61 Å². The lowest BCUT2D eigenvalue weighted by molar-refractivity contribution is -0.152. The number of nitrogens with zero attached hydrogens (tertiary/aromatic N) is 1. The molecule has 1 N–H and O–H groups in total. The summed E-state index contributed by atoms with van der Waals surface area (Å²) in [5.41, 5.74) is 0.568. The van der Waals surface area contributed by atoms with Gasteiger partial charge in [-0.3, -0.25) is 4.79 Å². The van der Waals surface area contributed by atoms with Gasteiger partial charge in [0.1, 0.15) is 0 Å². The minimum Gasteiger partial charge on any atom is -0.466 e. The molecule has 18 heavy (non-hydrogen) atoms. The summed E-state index contributed by atoms with van der Waals surface area (Å²) in [6, 6.07) is 9.29. The molecule has 1 aromatic carbocycles. The highest BCUT2D eigenvalue weighted by molar-refractivity contribution is 6.02. The van der Waals surface area contributed by atoms with Gasteiger partial charge in [0.25, 0.3) is 0 Å². The molecule has 0 aliphatic rings. The van der Waals surface area contributed by atoms with Crippen molar-refractivity contribution in [3.8, 4) is 0 Å². The van der Waals surface area contributed by atoms with Crippen LogP contribution in [0.25, 0.3) is 0 Å². The molecule has 0 unspecified atom stereocenters. The summed E-state index contributed by atoms with van der Waals surface area (Å²) in [6.45, 7) is 5.67. The second-order valence-electron chi connectivity index (χ2n) is 4.69. The summed E-state index contributed by atoms with van der Waals surface area (Å²) in [5.74, 6) is -0.290. The Kier molecular flexibility index (Phi) is 4.89. The lowest BCUT2D eigenvalue weighted by Crippen LogP contribution is -2.29. The zero-order valence-corrected chi connectivity index (χ0v) is 11.0. The van der Waals surface area contributed by atoms with Crippen LogP contribution in [0.3, 0.4) is 0 Å². The quantitative estimate of drug-likeness (QED) is 0.378. The Morgan fingerprint density at radius 2 is 1.94 bits per heavy atom. The molecular formula is C14H19NO3. The fourth-order valence-corrected chi connectivity index (χ4v) is 1.64. The number of ether oxygens (including phenoxy) is 1. The third-order valence-corrected chi connectivity index (χ3v) is 2.67. The Balaban J connectivity index is 2.85. The Hall–Kier alpha value is -1.84. The summed E-state index contributed by atoms with van der Waals surface area (Å²) >= 11 is 0. The third-order valence-electron chi connectivity index (χ3n) is 2.67. The van der Waals surface area contributed by atoms with E-state index in [0.717, 1.165) is 5.56 Å². The van der Waals surface area contributed by atoms with Crippen LogP contribution in [0.1, 0.15) is 32.8 Å². The number of benzene rings is 1. The number of esters is 1. The molecule has 1 rings (SSSR count). The van der Waals surface area contributed by atoms with E-state index in [9.17, 15) is 4.79 Å². The van der Waals surface area contributed by atoms with Gasteiger partial charge >= 0.3 is 5.97 Å². The van der Waals surface area contributed by atoms with Crippen LogP contribution in [0.2, 0.25) is 0 Å². The summed E-state index contributed by atoms with van der Waals surface area (Å²) in [6.07, 6.45) is 0.326. The smallest absolute Gasteiger partial charge is 0.311 e. The van der Waals surface area contributed by atoms with Crippen LogP contribution >= 0.6 is 0 Å². The van der Waals surface area contributed by atoms with Crippen molar-refractivity contribution in [3.05, 3.63) is 35.9 Å². The number of hydrogen-bond donors (Lipinski definition) is 1. The zero-order chi connectivity index (χ0) is 13.6. The Bertz CT molecular complexity index is 424. The Morgan fingerprint density at radius 1 is 1.33 bits per heavy atom. The molecule has 1 aromatic rings. The maximum Gasteiger partial charge on any atom is 0.311 e. The molecular weight excluding hydrogens is 230 g/mol. The molecule has 4 nitrogen and oxygen atoms in total. The van der Waals surface area contributed by atoms with Crippen LogP contribution in [0.5, 0.6) is 0 Å². The zero-order valence-electron chi connectivity index (χ0n) is 11.0. The molecule has 0 amide bonds. The van der Waals surface area contributed by atoms with E-state index < -0.39 is 5.41 Å². The van der Waals surface area contributed by atoms with Gasteiger partial charge in [-0.1, -0.05) is 35.5 Å². The average molecular weight is 249 g/mol. The lowest BCUT2D eigenvalue weighted by atomic mass is 9.85. The second kappa shape index (κ2) is 6.19. The summed E-state index contributed by atoms with van der Waals surface area (Å²) in [5, 5.41) is 12.4. The topological polar surface area (TPSA) is 58.9 Å². The third kappa shape index (κ3) is 3.58. The van der Waals surface area contributed by atoms with E-state index in [1.54, 1.807) is 20.8 Å². The van der Waals surface area contributed by atoms with Crippen molar-refractivity contribution in [2.45, 2.75) is 27.2 Å². The van der Waals surface area contributed by atoms with Crippen molar-refractivity contribution in [3.63, 3.8) is 0 Å². The monoisotopic (exact) mass is 249 g/mol. The van der Waals surface area contributed by atoms with E-state index >= 15 is 0 Å². The summed E-state index contributed by atoms with van der Waals surface area (Å²) < 4.78 is 5.01. The minimum atomic E-state index is -0.715. The molecule has 98 valence electrons. The first kappa shape index (κ1) is 14.2. The van der Waals surface area contributed by atoms with Gasteiger partial charge < -0.3 is 9.94 Å². The van der Waals surface area contributed by atoms with Crippen molar-refractivity contribution in [1.82, 2.24) is 0 Å². The fourth-order valence-electron chi connectivity index (χ4n) is 1.64. The van der Waals surface area contributed by atoms with Gasteiger partial charge in [0, 0.05) is 6.42 Å². The maximum atomic E-state index is 11.8. The van der Waals surface area contributed by atoms with Crippen LogP contribution in [-0.4, -0.2) is 23.5 Å². The summed E-state index contributed by atoms with van der Waals surface area (Å²) in [7, 11) is 0. The molecule has 0 fully saturated rings. The predicted molar refractivity (Wildman–Crippen MR) is 69.8 cm³/mol. The number of rotatable bonds is 5. The Labute approximate surface area is 107 Å². The number of oxime groups is 1. The molecule has 0 saturated heterocycles. The van der Waals surface area contributed by atoms with Crippen LogP contribution in [0, 0.1) is 5.41 Å². The van der Waals surface area contributed by atoms with Gasteiger partial charge in [-0.05, 0) is 26.3 Å². The normalized spacial score (nSPS) is 12.3. The van der Waals surface area contributed by atoms with E-state index in [1.807, 2.05) is 30.3 Å². The number of carbonyl (C=O) groups excluding carboxylic acids is 1. The number of carbonyl (C=O) groups is 1. The molecule has 0 aliphatic carbocycles. The van der Waals surface area contributed by atoms with Gasteiger partial charge in [0.15, 0.2) is 0 Å². The molecule has 0 saturated carbocycles.